The maximum absolute atomic E-state index is 9.71. The first kappa shape index (κ1) is 15.4. The van der Waals surface area contributed by atoms with Gasteiger partial charge in [-0.05, 0) is 20.3 Å². The van der Waals surface area contributed by atoms with Gasteiger partial charge < -0.3 is 20.6 Å². The Hall–Kier alpha value is -1.63. The summed E-state index contributed by atoms with van der Waals surface area (Å²) >= 11 is 0. The van der Waals surface area contributed by atoms with Crippen LogP contribution in [0.25, 0.3) is 0 Å². The van der Waals surface area contributed by atoms with E-state index in [1.165, 1.54) is 0 Å². The topological polar surface area (TPSA) is 86.2 Å². The van der Waals surface area contributed by atoms with Crippen molar-refractivity contribution in [2.24, 2.45) is 0 Å². The number of nitrogens with one attached hydrogen (secondary N) is 2. The van der Waals surface area contributed by atoms with Gasteiger partial charge in [-0.3, -0.25) is 0 Å². The lowest BCUT2D eigenvalue weighted by Gasteiger charge is -2.19. The van der Waals surface area contributed by atoms with E-state index >= 15 is 0 Å². The Morgan fingerprint density at radius 2 is 1.68 bits per heavy atom. The molecule has 0 aliphatic heterocycles. The lowest BCUT2D eigenvalue weighted by atomic mass is 10.1. The summed E-state index contributed by atoms with van der Waals surface area (Å²) in [6.07, 6.45) is 0.995. The van der Waals surface area contributed by atoms with Crippen LogP contribution in [0.15, 0.2) is 0 Å². The quantitative estimate of drug-likeness (QED) is 0.678. The van der Waals surface area contributed by atoms with Crippen LogP contribution in [0.4, 0.5) is 17.8 Å². The highest BCUT2D eigenvalue weighted by Crippen LogP contribution is 2.12. The second-order valence-corrected chi connectivity index (χ2v) is 5.27. The van der Waals surface area contributed by atoms with Crippen molar-refractivity contribution in [3.05, 3.63) is 0 Å². The van der Waals surface area contributed by atoms with Crippen LogP contribution in [0, 0.1) is 0 Å². The van der Waals surface area contributed by atoms with Crippen molar-refractivity contribution >= 4 is 17.8 Å². The number of anilines is 3. The SMILES string of the molecule is CCCNc1nc(NCC(C)(C)O)nc(N(C)C)n1. The second-order valence-electron chi connectivity index (χ2n) is 5.27. The predicted octanol–water partition coefficient (Wildman–Crippen LogP) is 0.942. The molecule has 3 N–H and O–H groups in total. The van der Waals surface area contributed by atoms with Crippen molar-refractivity contribution in [2.75, 3.05) is 42.7 Å². The van der Waals surface area contributed by atoms with E-state index in [1.807, 2.05) is 19.0 Å². The molecular weight excluding hydrogens is 244 g/mol. The van der Waals surface area contributed by atoms with Gasteiger partial charge in [-0.15, -0.1) is 0 Å². The van der Waals surface area contributed by atoms with E-state index < -0.39 is 5.60 Å². The standard InChI is InChI=1S/C12H24N6O/c1-6-7-13-9-15-10(14-8-12(2,3)19)17-11(16-9)18(4)5/h19H,6-8H2,1-5H3,(H2,13,14,15,16,17). The van der Waals surface area contributed by atoms with E-state index in [2.05, 4.69) is 32.5 Å². The van der Waals surface area contributed by atoms with Crippen molar-refractivity contribution < 1.29 is 5.11 Å². The first-order chi connectivity index (χ1) is 8.81. The molecule has 7 heteroatoms. The average molecular weight is 268 g/mol. The lowest BCUT2D eigenvalue weighted by molar-refractivity contribution is 0.0943. The lowest BCUT2D eigenvalue weighted by Crippen LogP contribution is -2.30. The maximum atomic E-state index is 9.71. The average Bonchev–Trinajstić information content (AvgIpc) is 2.32. The smallest absolute Gasteiger partial charge is 0.231 e. The molecule has 19 heavy (non-hydrogen) atoms. The number of hydrogen-bond acceptors (Lipinski definition) is 7. The fourth-order valence-corrected chi connectivity index (χ4v) is 1.26. The van der Waals surface area contributed by atoms with Gasteiger partial charge in [0.15, 0.2) is 0 Å². The van der Waals surface area contributed by atoms with E-state index in [-0.39, 0.29) is 0 Å². The van der Waals surface area contributed by atoms with Gasteiger partial charge in [0.1, 0.15) is 0 Å². The van der Waals surface area contributed by atoms with Crippen molar-refractivity contribution in [3.63, 3.8) is 0 Å². The minimum absolute atomic E-state index is 0.372. The summed E-state index contributed by atoms with van der Waals surface area (Å²) < 4.78 is 0. The predicted molar refractivity (Wildman–Crippen MR) is 77.7 cm³/mol. The molecule has 0 aromatic carbocycles. The van der Waals surface area contributed by atoms with Crippen LogP contribution in [0.5, 0.6) is 0 Å². The van der Waals surface area contributed by atoms with Crippen LogP contribution in [0.2, 0.25) is 0 Å². The van der Waals surface area contributed by atoms with Gasteiger partial charge in [0.25, 0.3) is 0 Å². The van der Waals surface area contributed by atoms with Crippen molar-refractivity contribution in [1.82, 2.24) is 15.0 Å². The van der Waals surface area contributed by atoms with Crippen LogP contribution in [-0.4, -0.2) is 52.8 Å². The van der Waals surface area contributed by atoms with Crippen molar-refractivity contribution in [2.45, 2.75) is 32.8 Å². The first-order valence-corrected chi connectivity index (χ1v) is 6.45. The van der Waals surface area contributed by atoms with Crippen LogP contribution in [0.1, 0.15) is 27.2 Å². The number of aliphatic hydroxyl groups is 1. The van der Waals surface area contributed by atoms with E-state index in [1.54, 1.807) is 13.8 Å². The Balaban J connectivity index is 2.86. The second kappa shape index (κ2) is 6.51. The van der Waals surface area contributed by atoms with E-state index in [0.717, 1.165) is 13.0 Å². The highest BCUT2D eigenvalue weighted by atomic mass is 16.3. The molecule has 0 amide bonds. The Kier molecular flexibility index (Phi) is 5.29. The van der Waals surface area contributed by atoms with Gasteiger partial charge in [0.05, 0.1) is 5.60 Å². The Bertz CT molecular complexity index is 402. The van der Waals surface area contributed by atoms with Gasteiger partial charge in [-0.25, -0.2) is 0 Å². The summed E-state index contributed by atoms with van der Waals surface area (Å²) in [6.45, 7) is 6.71. The third-order valence-corrected chi connectivity index (χ3v) is 2.24. The normalized spacial score (nSPS) is 11.3. The minimum Gasteiger partial charge on any atom is -0.389 e. The highest BCUT2D eigenvalue weighted by Gasteiger charge is 2.14. The fraction of sp³-hybridized carbons (Fsp3) is 0.750. The summed E-state index contributed by atoms with van der Waals surface area (Å²) in [5, 5.41) is 15.9. The monoisotopic (exact) mass is 268 g/mol. The molecule has 1 heterocycles. The molecule has 1 aromatic heterocycles. The molecule has 0 saturated heterocycles. The number of rotatable bonds is 7. The summed E-state index contributed by atoms with van der Waals surface area (Å²) in [6, 6.07) is 0. The molecule has 0 spiro atoms. The highest BCUT2D eigenvalue weighted by molar-refractivity contribution is 5.43. The van der Waals surface area contributed by atoms with Gasteiger partial charge >= 0.3 is 0 Å². The zero-order valence-corrected chi connectivity index (χ0v) is 12.4. The summed E-state index contributed by atoms with van der Waals surface area (Å²) in [5.74, 6) is 1.57. The molecule has 108 valence electrons. The molecule has 0 unspecified atom stereocenters. The fourth-order valence-electron chi connectivity index (χ4n) is 1.26. The molecule has 7 nitrogen and oxygen atoms in total. The maximum Gasteiger partial charge on any atom is 0.231 e. The third-order valence-electron chi connectivity index (χ3n) is 2.24. The van der Waals surface area contributed by atoms with E-state index in [0.29, 0.717) is 24.4 Å². The molecule has 1 aromatic rings. The first-order valence-electron chi connectivity index (χ1n) is 6.45. The van der Waals surface area contributed by atoms with Crippen LogP contribution in [0.3, 0.4) is 0 Å². The van der Waals surface area contributed by atoms with E-state index in [4.69, 9.17) is 0 Å². The van der Waals surface area contributed by atoms with Gasteiger partial charge in [-0.1, -0.05) is 6.92 Å². The van der Waals surface area contributed by atoms with E-state index in [9.17, 15) is 5.11 Å². The van der Waals surface area contributed by atoms with Crippen molar-refractivity contribution in [1.29, 1.82) is 0 Å². The van der Waals surface area contributed by atoms with Crippen LogP contribution < -0.4 is 15.5 Å². The summed E-state index contributed by atoms with van der Waals surface area (Å²) in [5.41, 5.74) is -0.818. The molecule has 0 aliphatic carbocycles. The zero-order valence-electron chi connectivity index (χ0n) is 12.4. The van der Waals surface area contributed by atoms with Gasteiger partial charge in [0.2, 0.25) is 17.8 Å². The largest absolute Gasteiger partial charge is 0.389 e. The Morgan fingerprint density at radius 3 is 2.16 bits per heavy atom. The molecule has 0 bridgehead atoms. The Labute approximate surface area is 114 Å². The van der Waals surface area contributed by atoms with Gasteiger partial charge in [0, 0.05) is 27.2 Å². The molecular formula is C12H24N6O. The molecule has 0 atom stereocenters. The molecule has 0 aliphatic rings. The van der Waals surface area contributed by atoms with Crippen LogP contribution in [-0.2, 0) is 0 Å². The number of nitrogens with zero attached hydrogens (tertiary/aromatic N) is 4. The van der Waals surface area contributed by atoms with Crippen LogP contribution >= 0.6 is 0 Å². The summed E-state index contributed by atoms with van der Waals surface area (Å²) in [4.78, 5) is 14.7. The van der Waals surface area contributed by atoms with Crippen molar-refractivity contribution in [3.8, 4) is 0 Å². The summed E-state index contributed by atoms with van der Waals surface area (Å²) in [7, 11) is 3.75. The minimum atomic E-state index is -0.818. The molecule has 0 saturated carbocycles. The third kappa shape index (κ3) is 5.69. The number of aromatic nitrogens is 3. The Morgan fingerprint density at radius 1 is 1.11 bits per heavy atom. The molecule has 0 fully saturated rings. The zero-order chi connectivity index (χ0) is 14.5. The van der Waals surface area contributed by atoms with Gasteiger partial charge in [-0.2, -0.15) is 15.0 Å². The number of hydrogen-bond donors (Lipinski definition) is 3. The molecule has 0 radical (unpaired) electrons. The molecule has 1 rings (SSSR count).